The maximum absolute atomic E-state index is 13.1. The van der Waals surface area contributed by atoms with E-state index >= 15 is 0 Å². The Labute approximate surface area is 130 Å². The summed E-state index contributed by atoms with van der Waals surface area (Å²) in [6.07, 6.45) is 0. The number of hydrogen-bond acceptors (Lipinski definition) is 4. The molecule has 0 radical (unpaired) electrons. The van der Waals surface area contributed by atoms with E-state index in [-0.39, 0.29) is 12.2 Å². The maximum atomic E-state index is 13.1. The zero-order chi connectivity index (χ0) is 16.2. The lowest BCUT2D eigenvalue weighted by Gasteiger charge is -2.02. The Morgan fingerprint density at radius 3 is 2.43 bits per heavy atom. The van der Waals surface area contributed by atoms with Crippen molar-refractivity contribution < 1.29 is 22.8 Å². The molecule has 116 valence electrons. The lowest BCUT2D eigenvalue weighted by atomic mass is 10.2. The molecule has 3 aromatic rings. The molecule has 4 nitrogen and oxygen atoms in total. The Bertz CT molecular complexity index is 811. The molecule has 3 rings (SSSR count). The molecule has 23 heavy (non-hydrogen) atoms. The molecule has 0 unspecified atom stereocenters. The summed E-state index contributed by atoms with van der Waals surface area (Å²) in [5, 5.41) is 3.79. The molecule has 0 fully saturated rings. The van der Waals surface area contributed by atoms with Crippen LogP contribution in [0.1, 0.15) is 16.1 Å². The van der Waals surface area contributed by atoms with Gasteiger partial charge >= 0.3 is 5.97 Å². The average molecular weight is 315 g/mol. The number of hydrogen-bond donors (Lipinski definition) is 0. The minimum atomic E-state index is -0.843. The van der Waals surface area contributed by atoms with Crippen molar-refractivity contribution in [3.05, 3.63) is 77.5 Å². The standard InChI is InChI=1S/C17H11F2NO3/c18-13-6-12(7-14(19)8-13)17(21)22-10-15-9-16(23-20-15)11-4-2-1-3-5-11/h1-9H,10H2. The quantitative estimate of drug-likeness (QED) is 0.683. The highest BCUT2D eigenvalue weighted by molar-refractivity contribution is 5.89. The first kappa shape index (κ1) is 14.9. The predicted octanol–water partition coefficient (Wildman–Crippen LogP) is 3.98. The highest BCUT2D eigenvalue weighted by Crippen LogP contribution is 2.20. The number of nitrogens with zero attached hydrogens (tertiary/aromatic N) is 1. The first-order valence-electron chi connectivity index (χ1n) is 6.76. The van der Waals surface area contributed by atoms with Gasteiger partial charge in [0.1, 0.15) is 23.9 Å². The van der Waals surface area contributed by atoms with Gasteiger partial charge in [0.25, 0.3) is 0 Å². The first-order chi connectivity index (χ1) is 11.1. The maximum Gasteiger partial charge on any atom is 0.338 e. The Morgan fingerprint density at radius 2 is 1.74 bits per heavy atom. The number of rotatable bonds is 4. The third-order valence-corrected chi connectivity index (χ3v) is 3.07. The van der Waals surface area contributed by atoms with Crippen LogP contribution < -0.4 is 0 Å². The number of esters is 1. The van der Waals surface area contributed by atoms with Crippen LogP contribution in [0.5, 0.6) is 0 Å². The van der Waals surface area contributed by atoms with E-state index in [1.165, 1.54) is 0 Å². The molecule has 1 aromatic heterocycles. The third-order valence-electron chi connectivity index (χ3n) is 3.07. The molecule has 0 atom stereocenters. The molecule has 6 heteroatoms. The van der Waals surface area contributed by atoms with Gasteiger partial charge in [-0.2, -0.15) is 0 Å². The minimum absolute atomic E-state index is 0.159. The van der Waals surface area contributed by atoms with Gasteiger partial charge in [0, 0.05) is 17.7 Å². The molecule has 0 aliphatic heterocycles. The number of ether oxygens (including phenoxy) is 1. The smallest absolute Gasteiger partial charge is 0.338 e. The Balaban J connectivity index is 1.67. The van der Waals surface area contributed by atoms with Crippen LogP contribution >= 0.6 is 0 Å². The van der Waals surface area contributed by atoms with Gasteiger partial charge in [-0.25, -0.2) is 13.6 Å². The molecule has 0 amide bonds. The minimum Gasteiger partial charge on any atom is -0.455 e. The van der Waals surface area contributed by atoms with Crippen molar-refractivity contribution in [2.24, 2.45) is 0 Å². The lowest BCUT2D eigenvalue weighted by molar-refractivity contribution is 0.0463. The van der Waals surface area contributed by atoms with Crippen LogP contribution in [0.25, 0.3) is 11.3 Å². The van der Waals surface area contributed by atoms with E-state index in [0.29, 0.717) is 17.5 Å². The van der Waals surface area contributed by atoms with Crippen LogP contribution in [-0.4, -0.2) is 11.1 Å². The second kappa shape index (κ2) is 6.39. The van der Waals surface area contributed by atoms with Crippen LogP contribution in [0.2, 0.25) is 0 Å². The van der Waals surface area contributed by atoms with Crippen molar-refractivity contribution in [3.63, 3.8) is 0 Å². The van der Waals surface area contributed by atoms with Gasteiger partial charge < -0.3 is 9.26 Å². The van der Waals surface area contributed by atoms with Crippen molar-refractivity contribution in [1.29, 1.82) is 0 Å². The van der Waals surface area contributed by atoms with Crippen LogP contribution in [0.4, 0.5) is 8.78 Å². The van der Waals surface area contributed by atoms with E-state index < -0.39 is 17.6 Å². The summed E-state index contributed by atoms with van der Waals surface area (Å²) in [5.74, 6) is -1.99. The van der Waals surface area contributed by atoms with Crippen molar-refractivity contribution in [2.75, 3.05) is 0 Å². The van der Waals surface area contributed by atoms with Crippen LogP contribution in [0.15, 0.2) is 59.1 Å². The molecular weight excluding hydrogens is 304 g/mol. The van der Waals surface area contributed by atoms with Gasteiger partial charge in [-0.05, 0) is 12.1 Å². The molecule has 0 spiro atoms. The van der Waals surface area contributed by atoms with Gasteiger partial charge in [0.15, 0.2) is 5.76 Å². The van der Waals surface area contributed by atoms with Crippen LogP contribution in [-0.2, 0) is 11.3 Å². The summed E-state index contributed by atoms with van der Waals surface area (Å²) in [5.41, 5.74) is 1.04. The fourth-order valence-electron chi connectivity index (χ4n) is 2.01. The van der Waals surface area contributed by atoms with E-state index in [4.69, 9.17) is 9.26 Å². The number of benzene rings is 2. The van der Waals surface area contributed by atoms with Crippen molar-refractivity contribution in [3.8, 4) is 11.3 Å². The van der Waals surface area contributed by atoms with Gasteiger partial charge in [0.2, 0.25) is 0 Å². The second-order valence-corrected chi connectivity index (χ2v) is 4.78. The average Bonchev–Trinajstić information content (AvgIpc) is 3.01. The molecule has 0 N–H and O–H groups in total. The zero-order valence-electron chi connectivity index (χ0n) is 11.8. The van der Waals surface area contributed by atoms with E-state index in [9.17, 15) is 13.6 Å². The highest BCUT2D eigenvalue weighted by atomic mass is 19.1. The Hall–Kier alpha value is -3.02. The lowest BCUT2D eigenvalue weighted by Crippen LogP contribution is -2.06. The van der Waals surface area contributed by atoms with E-state index in [1.807, 2.05) is 30.3 Å². The second-order valence-electron chi connectivity index (χ2n) is 4.78. The molecule has 0 aliphatic carbocycles. The van der Waals surface area contributed by atoms with Crippen LogP contribution in [0.3, 0.4) is 0 Å². The Morgan fingerprint density at radius 1 is 1.04 bits per heavy atom. The summed E-state index contributed by atoms with van der Waals surface area (Å²) >= 11 is 0. The summed E-state index contributed by atoms with van der Waals surface area (Å²) < 4.78 is 36.3. The van der Waals surface area contributed by atoms with Gasteiger partial charge in [-0.1, -0.05) is 35.5 Å². The van der Waals surface area contributed by atoms with E-state index in [1.54, 1.807) is 6.07 Å². The molecule has 0 bridgehead atoms. The number of halogens is 2. The normalized spacial score (nSPS) is 10.5. The van der Waals surface area contributed by atoms with Crippen molar-refractivity contribution in [1.82, 2.24) is 5.16 Å². The summed E-state index contributed by atoms with van der Waals surface area (Å²) in [6.45, 7) is -0.159. The predicted molar refractivity (Wildman–Crippen MR) is 77.4 cm³/mol. The molecule has 0 saturated heterocycles. The summed E-state index contributed by atoms with van der Waals surface area (Å²) in [7, 11) is 0. The monoisotopic (exact) mass is 315 g/mol. The van der Waals surface area contributed by atoms with Crippen LogP contribution in [0, 0.1) is 11.6 Å². The fourth-order valence-corrected chi connectivity index (χ4v) is 2.01. The number of carbonyl (C=O) groups excluding carboxylic acids is 1. The zero-order valence-corrected chi connectivity index (χ0v) is 11.8. The van der Waals surface area contributed by atoms with Gasteiger partial charge in [0.05, 0.1) is 5.56 Å². The highest BCUT2D eigenvalue weighted by Gasteiger charge is 2.13. The Kier molecular flexibility index (Phi) is 4.14. The fraction of sp³-hybridized carbons (Fsp3) is 0.0588. The third kappa shape index (κ3) is 3.60. The van der Waals surface area contributed by atoms with Crippen molar-refractivity contribution >= 4 is 5.97 Å². The molecule has 0 aliphatic rings. The SMILES string of the molecule is O=C(OCc1cc(-c2ccccc2)on1)c1cc(F)cc(F)c1. The van der Waals surface area contributed by atoms with E-state index in [2.05, 4.69) is 5.16 Å². The van der Waals surface area contributed by atoms with E-state index in [0.717, 1.165) is 17.7 Å². The topological polar surface area (TPSA) is 52.3 Å². The number of carbonyl (C=O) groups is 1. The van der Waals surface area contributed by atoms with Crippen molar-refractivity contribution in [2.45, 2.75) is 6.61 Å². The largest absolute Gasteiger partial charge is 0.455 e. The summed E-state index contributed by atoms with van der Waals surface area (Å²) in [4.78, 5) is 11.8. The number of aromatic nitrogens is 1. The van der Waals surface area contributed by atoms with Gasteiger partial charge in [-0.15, -0.1) is 0 Å². The molecular formula is C17H11F2NO3. The molecule has 1 heterocycles. The molecule has 0 saturated carbocycles. The first-order valence-corrected chi connectivity index (χ1v) is 6.76. The molecule has 2 aromatic carbocycles. The summed E-state index contributed by atoms with van der Waals surface area (Å²) in [6, 6.07) is 13.4. The van der Waals surface area contributed by atoms with Gasteiger partial charge in [-0.3, -0.25) is 0 Å².